The third kappa shape index (κ3) is 4.23. The molecule has 0 fully saturated rings. The minimum Gasteiger partial charge on any atom is -0.452 e. The van der Waals surface area contributed by atoms with E-state index in [4.69, 9.17) is 6.42 Å². The molecule has 0 aliphatic heterocycles. The fourth-order valence-corrected chi connectivity index (χ4v) is 2.41. The van der Waals surface area contributed by atoms with Gasteiger partial charge in [0.1, 0.15) is 0 Å². The quantitative estimate of drug-likeness (QED) is 0.454. The Morgan fingerprint density at radius 3 is 2.32 bits per heavy atom. The Morgan fingerprint density at radius 2 is 1.84 bits per heavy atom. The molecule has 0 aliphatic carbocycles. The number of hydrogen-bond donors (Lipinski definition) is 0. The summed E-state index contributed by atoms with van der Waals surface area (Å²) in [5.41, 5.74) is 0.397. The van der Waals surface area contributed by atoms with Crippen LogP contribution in [0.1, 0.15) is 17.3 Å². The number of benzene rings is 1. The van der Waals surface area contributed by atoms with Crippen LogP contribution in [0.3, 0.4) is 0 Å². The molecule has 0 amide bonds. The maximum Gasteiger partial charge on any atom is 0.322 e. The standard InChI is InChI=1S/C13H12O5S/c1-3-8-18-13(15)9-19(16,17)12-6-4-11(5-7-12)10(2)14/h1,4-7H,8-9H2,2H3. The van der Waals surface area contributed by atoms with E-state index in [1.54, 1.807) is 0 Å². The van der Waals surface area contributed by atoms with Crippen molar-refractivity contribution in [3.63, 3.8) is 0 Å². The van der Waals surface area contributed by atoms with Crippen LogP contribution >= 0.6 is 0 Å². The SMILES string of the molecule is C#CCOC(=O)CS(=O)(=O)c1ccc(C(C)=O)cc1. The lowest BCUT2D eigenvalue weighted by Crippen LogP contribution is -2.19. The van der Waals surface area contributed by atoms with Gasteiger partial charge in [0.25, 0.3) is 0 Å². The monoisotopic (exact) mass is 280 g/mol. The molecular weight excluding hydrogens is 268 g/mol. The number of carbonyl (C=O) groups excluding carboxylic acids is 2. The summed E-state index contributed by atoms with van der Waals surface area (Å²) in [7, 11) is -3.79. The fraction of sp³-hybridized carbons (Fsp3) is 0.231. The maximum atomic E-state index is 11.8. The third-order valence-electron chi connectivity index (χ3n) is 2.24. The Hall–Kier alpha value is -2.13. The number of terminal acetylenes is 1. The summed E-state index contributed by atoms with van der Waals surface area (Å²) in [6, 6.07) is 5.34. The van der Waals surface area contributed by atoms with Crippen LogP contribution in [0.2, 0.25) is 0 Å². The Kier molecular flexibility index (Phi) is 4.84. The van der Waals surface area contributed by atoms with E-state index in [0.29, 0.717) is 5.56 Å². The van der Waals surface area contributed by atoms with Crippen molar-refractivity contribution in [2.24, 2.45) is 0 Å². The van der Waals surface area contributed by atoms with Gasteiger partial charge in [-0.15, -0.1) is 6.42 Å². The first-order valence-corrected chi connectivity index (χ1v) is 6.95. The summed E-state index contributed by atoms with van der Waals surface area (Å²) in [6.45, 7) is 1.11. The van der Waals surface area contributed by atoms with Crippen LogP contribution in [0.25, 0.3) is 0 Å². The highest BCUT2D eigenvalue weighted by Gasteiger charge is 2.20. The molecule has 0 unspecified atom stereocenters. The van der Waals surface area contributed by atoms with Crippen LogP contribution < -0.4 is 0 Å². The molecule has 100 valence electrons. The van der Waals surface area contributed by atoms with E-state index in [1.807, 2.05) is 0 Å². The van der Waals surface area contributed by atoms with Crippen LogP contribution in [0, 0.1) is 12.3 Å². The van der Waals surface area contributed by atoms with Gasteiger partial charge >= 0.3 is 5.97 Å². The molecule has 0 heterocycles. The highest BCUT2D eigenvalue weighted by atomic mass is 32.2. The molecule has 0 aromatic heterocycles. The van der Waals surface area contributed by atoms with Gasteiger partial charge in [-0.3, -0.25) is 9.59 Å². The first-order valence-electron chi connectivity index (χ1n) is 5.29. The maximum absolute atomic E-state index is 11.8. The molecule has 1 aromatic carbocycles. The Bertz CT molecular complexity index is 620. The van der Waals surface area contributed by atoms with Crippen molar-refractivity contribution in [1.29, 1.82) is 0 Å². The van der Waals surface area contributed by atoms with E-state index < -0.39 is 21.6 Å². The zero-order chi connectivity index (χ0) is 14.5. The van der Waals surface area contributed by atoms with Crippen molar-refractivity contribution in [3.05, 3.63) is 29.8 Å². The Labute approximate surface area is 111 Å². The first kappa shape index (κ1) is 14.9. The van der Waals surface area contributed by atoms with Crippen molar-refractivity contribution >= 4 is 21.6 Å². The van der Waals surface area contributed by atoms with Gasteiger partial charge in [0, 0.05) is 5.56 Å². The van der Waals surface area contributed by atoms with Crippen molar-refractivity contribution in [3.8, 4) is 12.3 Å². The summed E-state index contributed by atoms with van der Waals surface area (Å²) < 4.78 is 28.2. The van der Waals surface area contributed by atoms with Crippen LogP contribution in [-0.2, 0) is 19.4 Å². The van der Waals surface area contributed by atoms with Crippen LogP contribution in [-0.4, -0.2) is 32.5 Å². The molecule has 1 rings (SSSR count). The fourth-order valence-electron chi connectivity index (χ4n) is 1.30. The highest BCUT2D eigenvalue weighted by Crippen LogP contribution is 2.13. The second-order valence-electron chi connectivity index (χ2n) is 3.70. The number of hydrogen-bond acceptors (Lipinski definition) is 5. The lowest BCUT2D eigenvalue weighted by molar-refractivity contribution is -0.139. The number of Topliss-reactive ketones (excluding diaryl/α,β-unsaturated/α-hetero) is 1. The van der Waals surface area contributed by atoms with Crippen LogP contribution in [0.4, 0.5) is 0 Å². The molecule has 0 bridgehead atoms. The van der Waals surface area contributed by atoms with E-state index in [9.17, 15) is 18.0 Å². The number of ketones is 1. The number of esters is 1. The Morgan fingerprint density at radius 1 is 1.26 bits per heavy atom. The molecule has 0 spiro atoms. The van der Waals surface area contributed by atoms with E-state index in [0.717, 1.165) is 0 Å². The second-order valence-corrected chi connectivity index (χ2v) is 5.69. The molecular formula is C13H12O5S. The third-order valence-corrected chi connectivity index (χ3v) is 3.85. The predicted molar refractivity (Wildman–Crippen MR) is 68.3 cm³/mol. The van der Waals surface area contributed by atoms with Gasteiger partial charge in [-0.2, -0.15) is 0 Å². The summed E-state index contributed by atoms with van der Waals surface area (Å²) in [4.78, 5) is 22.2. The predicted octanol–water partition coefficient (Wildman–Crippen LogP) is 0.839. The van der Waals surface area contributed by atoms with Crippen molar-refractivity contribution in [1.82, 2.24) is 0 Å². The topological polar surface area (TPSA) is 77.5 Å². The molecule has 0 atom stereocenters. The Balaban J connectivity index is 2.86. The number of carbonyl (C=O) groups is 2. The summed E-state index contributed by atoms with van der Waals surface area (Å²) in [6.07, 6.45) is 4.89. The van der Waals surface area contributed by atoms with E-state index in [1.165, 1.54) is 31.2 Å². The van der Waals surface area contributed by atoms with Gasteiger partial charge in [0.05, 0.1) is 4.90 Å². The minimum absolute atomic E-state index is 0.0462. The van der Waals surface area contributed by atoms with Gasteiger partial charge in [0.15, 0.2) is 28.0 Å². The van der Waals surface area contributed by atoms with Crippen molar-refractivity contribution in [2.75, 3.05) is 12.4 Å². The average Bonchev–Trinajstić information content (AvgIpc) is 2.36. The van der Waals surface area contributed by atoms with Gasteiger partial charge in [-0.25, -0.2) is 8.42 Å². The summed E-state index contributed by atoms with van der Waals surface area (Å²) in [5, 5.41) is 0. The molecule has 19 heavy (non-hydrogen) atoms. The molecule has 0 saturated heterocycles. The van der Waals surface area contributed by atoms with Crippen LogP contribution in [0.5, 0.6) is 0 Å². The van der Waals surface area contributed by atoms with Gasteiger partial charge < -0.3 is 4.74 Å². The average molecular weight is 280 g/mol. The van der Waals surface area contributed by atoms with Gasteiger partial charge in [0.2, 0.25) is 0 Å². The number of ether oxygens (including phenoxy) is 1. The lowest BCUT2D eigenvalue weighted by Gasteiger charge is -2.04. The van der Waals surface area contributed by atoms with E-state index in [-0.39, 0.29) is 17.3 Å². The van der Waals surface area contributed by atoms with Gasteiger partial charge in [-0.1, -0.05) is 18.1 Å². The van der Waals surface area contributed by atoms with Crippen LogP contribution in [0.15, 0.2) is 29.2 Å². The smallest absolute Gasteiger partial charge is 0.322 e. The first-order chi connectivity index (χ1) is 8.86. The lowest BCUT2D eigenvalue weighted by atomic mass is 10.2. The summed E-state index contributed by atoms with van der Waals surface area (Å²) in [5.74, 6) is 0.207. The second kappa shape index (κ2) is 6.16. The number of rotatable bonds is 5. The molecule has 1 aromatic rings. The normalized spacial score (nSPS) is 10.5. The zero-order valence-electron chi connectivity index (χ0n) is 10.3. The number of sulfone groups is 1. The highest BCUT2D eigenvalue weighted by molar-refractivity contribution is 7.92. The molecule has 5 nitrogen and oxygen atoms in total. The van der Waals surface area contributed by atoms with Crippen molar-refractivity contribution < 1.29 is 22.7 Å². The largest absolute Gasteiger partial charge is 0.452 e. The molecule has 0 radical (unpaired) electrons. The van der Waals surface area contributed by atoms with E-state index >= 15 is 0 Å². The minimum atomic E-state index is -3.79. The van der Waals surface area contributed by atoms with E-state index in [2.05, 4.69) is 10.7 Å². The van der Waals surface area contributed by atoms with Crippen molar-refractivity contribution in [2.45, 2.75) is 11.8 Å². The van der Waals surface area contributed by atoms with Gasteiger partial charge in [-0.05, 0) is 19.1 Å². The molecule has 6 heteroatoms. The zero-order valence-corrected chi connectivity index (χ0v) is 11.1. The molecule has 0 aliphatic rings. The summed E-state index contributed by atoms with van der Waals surface area (Å²) >= 11 is 0. The molecule has 0 saturated carbocycles. The molecule has 0 N–H and O–H groups in total.